The maximum Gasteiger partial charge on any atom is 0.259 e. The predicted molar refractivity (Wildman–Crippen MR) is 117 cm³/mol. The first kappa shape index (κ1) is 20.4. The number of nitrogens with zero attached hydrogens (tertiary/aromatic N) is 3. The minimum absolute atomic E-state index is 0.228. The number of carbonyl (C=O) groups is 1. The van der Waals surface area contributed by atoms with Crippen LogP contribution in [0.5, 0.6) is 5.75 Å². The number of benzene rings is 2. The molecule has 1 aliphatic rings. The molecule has 31 heavy (non-hydrogen) atoms. The summed E-state index contributed by atoms with van der Waals surface area (Å²) in [7, 11) is 0. The quantitative estimate of drug-likeness (QED) is 0.663. The molecule has 0 radical (unpaired) electrons. The van der Waals surface area contributed by atoms with Crippen LogP contribution in [0.15, 0.2) is 66.9 Å². The van der Waals surface area contributed by atoms with E-state index < -0.39 is 0 Å². The summed E-state index contributed by atoms with van der Waals surface area (Å²) in [5.74, 6) is 1.06. The second-order valence-electron chi connectivity index (χ2n) is 7.06. The lowest BCUT2D eigenvalue weighted by atomic mass is 10.1. The molecule has 0 atom stereocenters. The SMILES string of the molecule is N#Cc1cccc(COc2cccc(NC(=O)c3cccnc3N3CCOCC3)c2)c1. The number of hydrogen-bond donors (Lipinski definition) is 1. The Labute approximate surface area is 180 Å². The lowest BCUT2D eigenvalue weighted by Crippen LogP contribution is -2.38. The van der Waals surface area contributed by atoms with Crippen LogP contribution in [0.2, 0.25) is 0 Å². The molecule has 0 spiro atoms. The molecule has 1 aromatic heterocycles. The molecule has 7 heteroatoms. The molecule has 3 aromatic rings. The number of anilines is 2. The fraction of sp³-hybridized carbons (Fsp3) is 0.208. The first-order chi connectivity index (χ1) is 15.2. The summed E-state index contributed by atoms with van der Waals surface area (Å²) in [6, 6.07) is 20.2. The standard InChI is InChI=1S/C24H22N4O3/c25-16-18-4-1-5-19(14-18)17-31-21-7-2-6-20(15-21)27-24(29)22-8-3-9-26-23(22)28-10-12-30-13-11-28/h1-9,14-15H,10-13,17H2,(H,27,29). The number of rotatable bonds is 6. The van der Waals surface area contributed by atoms with Crippen LogP contribution in [-0.4, -0.2) is 37.2 Å². The lowest BCUT2D eigenvalue weighted by molar-refractivity contribution is 0.102. The van der Waals surface area contributed by atoms with E-state index in [0.717, 1.165) is 5.56 Å². The summed E-state index contributed by atoms with van der Waals surface area (Å²) >= 11 is 0. The van der Waals surface area contributed by atoms with Gasteiger partial charge in [0.25, 0.3) is 5.91 Å². The predicted octanol–water partition coefficient (Wildman–Crippen LogP) is 3.62. The van der Waals surface area contributed by atoms with E-state index in [1.807, 2.05) is 30.3 Å². The molecule has 0 unspecified atom stereocenters. The van der Waals surface area contributed by atoms with E-state index in [2.05, 4.69) is 21.3 Å². The highest BCUT2D eigenvalue weighted by molar-refractivity contribution is 6.07. The Morgan fingerprint density at radius 3 is 2.81 bits per heavy atom. The molecule has 1 amide bonds. The summed E-state index contributed by atoms with van der Waals surface area (Å²) in [6.45, 7) is 2.97. The van der Waals surface area contributed by atoms with Gasteiger partial charge in [-0.2, -0.15) is 5.26 Å². The van der Waals surface area contributed by atoms with E-state index in [-0.39, 0.29) is 5.91 Å². The van der Waals surface area contributed by atoms with Gasteiger partial charge in [-0.15, -0.1) is 0 Å². The summed E-state index contributed by atoms with van der Waals surface area (Å²) in [5.41, 5.74) is 2.64. The van der Waals surface area contributed by atoms with Crippen molar-refractivity contribution < 1.29 is 14.3 Å². The van der Waals surface area contributed by atoms with Gasteiger partial charge in [-0.25, -0.2) is 4.98 Å². The van der Waals surface area contributed by atoms with Crippen LogP contribution in [0.25, 0.3) is 0 Å². The molecule has 7 nitrogen and oxygen atoms in total. The van der Waals surface area contributed by atoms with Crippen LogP contribution < -0.4 is 15.0 Å². The second-order valence-corrected chi connectivity index (χ2v) is 7.06. The van der Waals surface area contributed by atoms with E-state index in [1.54, 1.807) is 36.5 Å². The van der Waals surface area contributed by atoms with Gasteiger partial charge in [-0.3, -0.25) is 4.79 Å². The van der Waals surface area contributed by atoms with Gasteiger partial charge in [-0.1, -0.05) is 18.2 Å². The van der Waals surface area contributed by atoms with Crippen molar-refractivity contribution in [1.29, 1.82) is 5.26 Å². The number of aromatic nitrogens is 1. The maximum atomic E-state index is 13.0. The molecule has 1 fully saturated rings. The van der Waals surface area contributed by atoms with Crippen molar-refractivity contribution >= 4 is 17.4 Å². The topological polar surface area (TPSA) is 87.5 Å². The fourth-order valence-electron chi connectivity index (χ4n) is 3.36. The highest BCUT2D eigenvalue weighted by atomic mass is 16.5. The molecular formula is C24H22N4O3. The number of ether oxygens (including phenoxy) is 2. The van der Waals surface area contributed by atoms with Crippen molar-refractivity contribution in [2.45, 2.75) is 6.61 Å². The molecule has 1 saturated heterocycles. The molecule has 1 N–H and O–H groups in total. The zero-order valence-corrected chi connectivity index (χ0v) is 17.0. The van der Waals surface area contributed by atoms with Crippen LogP contribution in [0.3, 0.4) is 0 Å². The van der Waals surface area contributed by atoms with E-state index in [4.69, 9.17) is 14.7 Å². The van der Waals surface area contributed by atoms with Gasteiger partial charge in [0, 0.05) is 31.0 Å². The molecule has 0 saturated carbocycles. The van der Waals surface area contributed by atoms with Crippen LogP contribution in [0, 0.1) is 11.3 Å². The second kappa shape index (κ2) is 9.74. The van der Waals surface area contributed by atoms with E-state index >= 15 is 0 Å². The number of pyridine rings is 1. The minimum Gasteiger partial charge on any atom is -0.489 e. The molecule has 2 heterocycles. The highest BCUT2D eigenvalue weighted by Gasteiger charge is 2.20. The van der Waals surface area contributed by atoms with E-state index in [9.17, 15) is 4.79 Å². The lowest BCUT2D eigenvalue weighted by Gasteiger charge is -2.29. The smallest absolute Gasteiger partial charge is 0.259 e. The minimum atomic E-state index is -0.228. The third-order valence-electron chi connectivity index (χ3n) is 4.90. The first-order valence-corrected chi connectivity index (χ1v) is 10.0. The summed E-state index contributed by atoms with van der Waals surface area (Å²) < 4.78 is 11.2. The van der Waals surface area contributed by atoms with Gasteiger partial charge < -0.3 is 19.7 Å². The number of carbonyl (C=O) groups excluding carboxylic acids is 1. The molecule has 2 aromatic carbocycles. The van der Waals surface area contributed by atoms with Crippen molar-refractivity contribution in [3.63, 3.8) is 0 Å². The van der Waals surface area contributed by atoms with Crippen LogP contribution >= 0.6 is 0 Å². The molecular weight excluding hydrogens is 392 g/mol. The third-order valence-corrected chi connectivity index (χ3v) is 4.90. The Bertz CT molecular complexity index is 1100. The van der Waals surface area contributed by atoms with Crippen LogP contribution in [0.1, 0.15) is 21.5 Å². The number of morpholine rings is 1. The van der Waals surface area contributed by atoms with Gasteiger partial charge in [0.2, 0.25) is 0 Å². The monoisotopic (exact) mass is 414 g/mol. The maximum absolute atomic E-state index is 13.0. The zero-order valence-electron chi connectivity index (χ0n) is 17.0. The average molecular weight is 414 g/mol. The van der Waals surface area contributed by atoms with Crippen molar-refractivity contribution in [1.82, 2.24) is 4.98 Å². The number of amides is 1. The summed E-state index contributed by atoms with van der Waals surface area (Å²) in [6.07, 6.45) is 1.69. The normalized spacial score (nSPS) is 13.3. The van der Waals surface area contributed by atoms with Crippen molar-refractivity contribution in [3.8, 4) is 11.8 Å². The van der Waals surface area contributed by atoms with E-state index in [0.29, 0.717) is 61.3 Å². The van der Waals surface area contributed by atoms with Crippen molar-refractivity contribution in [2.75, 3.05) is 36.5 Å². The average Bonchev–Trinajstić information content (AvgIpc) is 2.83. The van der Waals surface area contributed by atoms with Gasteiger partial charge in [0.05, 0.1) is 30.4 Å². The fourth-order valence-corrected chi connectivity index (χ4v) is 3.36. The molecule has 1 aliphatic heterocycles. The summed E-state index contributed by atoms with van der Waals surface area (Å²) in [4.78, 5) is 19.4. The molecule has 0 bridgehead atoms. The highest BCUT2D eigenvalue weighted by Crippen LogP contribution is 2.23. The Hall–Kier alpha value is -3.89. The number of nitriles is 1. The number of hydrogen-bond acceptors (Lipinski definition) is 6. The Kier molecular flexibility index (Phi) is 6.41. The Balaban J connectivity index is 1.44. The largest absolute Gasteiger partial charge is 0.489 e. The Morgan fingerprint density at radius 1 is 1.13 bits per heavy atom. The van der Waals surface area contributed by atoms with Gasteiger partial charge in [0.1, 0.15) is 18.2 Å². The van der Waals surface area contributed by atoms with E-state index in [1.165, 1.54) is 0 Å². The van der Waals surface area contributed by atoms with Gasteiger partial charge >= 0.3 is 0 Å². The van der Waals surface area contributed by atoms with Crippen molar-refractivity contribution in [2.24, 2.45) is 0 Å². The van der Waals surface area contributed by atoms with Crippen LogP contribution in [0.4, 0.5) is 11.5 Å². The van der Waals surface area contributed by atoms with Gasteiger partial charge in [0.15, 0.2) is 0 Å². The number of nitrogens with one attached hydrogen (secondary N) is 1. The zero-order chi connectivity index (χ0) is 21.5. The Morgan fingerprint density at radius 2 is 1.97 bits per heavy atom. The third kappa shape index (κ3) is 5.18. The van der Waals surface area contributed by atoms with Crippen molar-refractivity contribution in [3.05, 3.63) is 83.6 Å². The van der Waals surface area contributed by atoms with Gasteiger partial charge in [-0.05, 0) is 42.0 Å². The molecule has 156 valence electrons. The molecule has 4 rings (SSSR count). The van der Waals surface area contributed by atoms with Crippen LogP contribution in [-0.2, 0) is 11.3 Å². The molecule has 0 aliphatic carbocycles. The first-order valence-electron chi connectivity index (χ1n) is 10.0. The summed E-state index contributed by atoms with van der Waals surface area (Å²) in [5, 5.41) is 12.0.